The summed E-state index contributed by atoms with van der Waals surface area (Å²) in [4.78, 5) is 2.35. The van der Waals surface area contributed by atoms with E-state index in [2.05, 4.69) is 11.8 Å². The molecule has 17 heavy (non-hydrogen) atoms. The van der Waals surface area contributed by atoms with Crippen molar-refractivity contribution in [3.05, 3.63) is 28.8 Å². The average molecular weight is 254 g/mol. The molecule has 0 amide bonds. The van der Waals surface area contributed by atoms with Crippen LogP contribution in [0.1, 0.15) is 38.4 Å². The Morgan fingerprint density at radius 3 is 2.82 bits per heavy atom. The largest absolute Gasteiger partial charge is 0.389 e. The number of piperidine rings is 1. The van der Waals surface area contributed by atoms with Crippen LogP contribution >= 0.6 is 11.6 Å². The van der Waals surface area contributed by atoms with Crippen LogP contribution in [0.25, 0.3) is 0 Å². The fourth-order valence-corrected chi connectivity index (χ4v) is 2.76. The van der Waals surface area contributed by atoms with Crippen molar-refractivity contribution < 1.29 is 5.11 Å². The Morgan fingerprint density at radius 1 is 1.47 bits per heavy atom. The van der Waals surface area contributed by atoms with E-state index in [0.29, 0.717) is 0 Å². The molecule has 94 valence electrons. The summed E-state index contributed by atoms with van der Waals surface area (Å²) in [6, 6.07) is 5.87. The van der Waals surface area contributed by atoms with Crippen LogP contribution in [0.3, 0.4) is 0 Å². The smallest absolute Gasteiger partial charge is 0.0762 e. The van der Waals surface area contributed by atoms with Crippen LogP contribution in [0.15, 0.2) is 18.2 Å². The van der Waals surface area contributed by atoms with Gasteiger partial charge in [-0.15, -0.1) is 0 Å². The molecular formula is C14H20ClNO. The third kappa shape index (κ3) is 2.93. The Bertz CT molecular complexity index is 392. The standard InChI is InChI=1S/C14H20ClNO/c1-10-4-3-7-16(9-10)14-6-5-12(11(2)17)8-13(14)15/h5-6,8,10-11,17H,3-4,7,9H2,1-2H3/t10-,11+/m0/s1. The Hall–Kier alpha value is -0.730. The van der Waals surface area contributed by atoms with Gasteiger partial charge in [-0.3, -0.25) is 0 Å². The molecule has 1 heterocycles. The predicted octanol–water partition coefficient (Wildman–Crippen LogP) is 3.63. The maximum absolute atomic E-state index is 9.52. The second-order valence-corrected chi connectivity index (χ2v) is 5.49. The van der Waals surface area contributed by atoms with E-state index < -0.39 is 6.10 Å². The summed E-state index contributed by atoms with van der Waals surface area (Å²) >= 11 is 6.30. The third-order valence-electron chi connectivity index (χ3n) is 3.45. The van der Waals surface area contributed by atoms with E-state index in [1.54, 1.807) is 6.92 Å². The highest BCUT2D eigenvalue weighted by atomic mass is 35.5. The maximum Gasteiger partial charge on any atom is 0.0762 e. The molecular weight excluding hydrogens is 234 g/mol. The van der Waals surface area contributed by atoms with E-state index >= 15 is 0 Å². The molecule has 1 N–H and O–H groups in total. The van der Waals surface area contributed by atoms with Crippen LogP contribution in [0, 0.1) is 5.92 Å². The van der Waals surface area contributed by atoms with Gasteiger partial charge in [0.15, 0.2) is 0 Å². The molecule has 1 aliphatic rings. The quantitative estimate of drug-likeness (QED) is 0.870. The first-order valence-corrected chi connectivity index (χ1v) is 6.68. The minimum Gasteiger partial charge on any atom is -0.389 e. The van der Waals surface area contributed by atoms with Gasteiger partial charge < -0.3 is 10.0 Å². The van der Waals surface area contributed by atoms with Crippen molar-refractivity contribution in [3.8, 4) is 0 Å². The molecule has 0 radical (unpaired) electrons. The predicted molar refractivity (Wildman–Crippen MR) is 72.7 cm³/mol. The zero-order valence-corrected chi connectivity index (χ0v) is 11.2. The van der Waals surface area contributed by atoms with E-state index in [4.69, 9.17) is 11.6 Å². The molecule has 0 bridgehead atoms. The highest BCUT2D eigenvalue weighted by Crippen LogP contribution is 2.31. The summed E-state index contributed by atoms with van der Waals surface area (Å²) in [7, 11) is 0. The van der Waals surface area contributed by atoms with Crippen LogP contribution in [0.2, 0.25) is 5.02 Å². The molecule has 1 saturated heterocycles. The van der Waals surface area contributed by atoms with Gasteiger partial charge in [-0.05, 0) is 43.4 Å². The Labute approximate surface area is 108 Å². The van der Waals surface area contributed by atoms with Crippen molar-refractivity contribution in [2.24, 2.45) is 5.92 Å². The Morgan fingerprint density at radius 2 is 2.24 bits per heavy atom. The van der Waals surface area contributed by atoms with Gasteiger partial charge in [0.2, 0.25) is 0 Å². The van der Waals surface area contributed by atoms with Gasteiger partial charge in [0, 0.05) is 13.1 Å². The summed E-state index contributed by atoms with van der Waals surface area (Å²) in [6.45, 7) is 6.20. The fraction of sp³-hybridized carbons (Fsp3) is 0.571. The first kappa shape index (κ1) is 12.7. The summed E-state index contributed by atoms with van der Waals surface area (Å²) in [6.07, 6.45) is 2.08. The van der Waals surface area contributed by atoms with Gasteiger partial charge in [0.25, 0.3) is 0 Å². The number of aliphatic hydroxyl groups is 1. The monoisotopic (exact) mass is 253 g/mol. The van der Waals surface area contributed by atoms with Crippen molar-refractivity contribution in [2.45, 2.75) is 32.8 Å². The van der Waals surface area contributed by atoms with E-state index in [1.807, 2.05) is 18.2 Å². The number of aliphatic hydroxyl groups excluding tert-OH is 1. The highest BCUT2D eigenvalue weighted by molar-refractivity contribution is 6.33. The SMILES string of the molecule is C[C@H]1CCCN(c2ccc([C@@H](C)O)cc2Cl)C1. The van der Waals surface area contributed by atoms with E-state index in [-0.39, 0.29) is 0 Å². The van der Waals surface area contributed by atoms with Crippen LogP contribution in [-0.2, 0) is 0 Å². The normalized spacial score (nSPS) is 22.6. The Kier molecular flexibility index (Phi) is 3.95. The molecule has 1 aromatic rings. The second kappa shape index (κ2) is 5.28. The number of hydrogen-bond donors (Lipinski definition) is 1. The van der Waals surface area contributed by atoms with E-state index in [1.165, 1.54) is 12.8 Å². The number of halogens is 1. The lowest BCUT2D eigenvalue weighted by Gasteiger charge is -2.33. The molecule has 2 rings (SSSR count). The summed E-state index contributed by atoms with van der Waals surface area (Å²) < 4.78 is 0. The van der Waals surface area contributed by atoms with Gasteiger partial charge in [0.1, 0.15) is 0 Å². The summed E-state index contributed by atoms with van der Waals surface area (Å²) in [5, 5.41) is 10.3. The molecule has 1 fully saturated rings. The maximum atomic E-state index is 9.52. The molecule has 1 aliphatic heterocycles. The number of hydrogen-bond acceptors (Lipinski definition) is 2. The first-order valence-electron chi connectivity index (χ1n) is 6.30. The van der Waals surface area contributed by atoms with Crippen LogP contribution in [-0.4, -0.2) is 18.2 Å². The van der Waals surface area contributed by atoms with Crippen molar-refractivity contribution in [1.82, 2.24) is 0 Å². The van der Waals surface area contributed by atoms with Crippen LogP contribution in [0.5, 0.6) is 0 Å². The fourth-order valence-electron chi connectivity index (χ4n) is 2.45. The van der Waals surface area contributed by atoms with Crippen molar-refractivity contribution in [3.63, 3.8) is 0 Å². The molecule has 0 saturated carbocycles. The topological polar surface area (TPSA) is 23.5 Å². The molecule has 0 spiro atoms. The minimum atomic E-state index is -0.457. The number of nitrogens with zero attached hydrogens (tertiary/aromatic N) is 1. The first-order chi connectivity index (χ1) is 8.08. The number of benzene rings is 1. The van der Waals surface area contributed by atoms with Gasteiger partial charge in [-0.1, -0.05) is 24.6 Å². The lowest BCUT2D eigenvalue weighted by Crippen LogP contribution is -2.34. The van der Waals surface area contributed by atoms with E-state index in [0.717, 1.165) is 35.3 Å². The van der Waals surface area contributed by atoms with Crippen molar-refractivity contribution in [1.29, 1.82) is 0 Å². The molecule has 1 aromatic carbocycles. The zero-order chi connectivity index (χ0) is 12.4. The molecule has 2 nitrogen and oxygen atoms in total. The van der Waals surface area contributed by atoms with Crippen LogP contribution in [0.4, 0.5) is 5.69 Å². The zero-order valence-electron chi connectivity index (χ0n) is 10.5. The summed E-state index contributed by atoms with van der Waals surface area (Å²) in [5.74, 6) is 0.733. The van der Waals surface area contributed by atoms with Gasteiger partial charge in [-0.2, -0.15) is 0 Å². The lowest BCUT2D eigenvalue weighted by atomic mass is 9.99. The molecule has 0 unspecified atom stereocenters. The third-order valence-corrected chi connectivity index (χ3v) is 3.75. The Balaban J connectivity index is 2.21. The number of rotatable bonds is 2. The van der Waals surface area contributed by atoms with E-state index in [9.17, 15) is 5.11 Å². The lowest BCUT2D eigenvalue weighted by molar-refractivity contribution is 0.199. The molecule has 0 aliphatic carbocycles. The second-order valence-electron chi connectivity index (χ2n) is 5.08. The molecule has 0 aromatic heterocycles. The van der Waals surface area contributed by atoms with Crippen LogP contribution < -0.4 is 4.90 Å². The molecule has 2 atom stereocenters. The van der Waals surface area contributed by atoms with Crippen molar-refractivity contribution in [2.75, 3.05) is 18.0 Å². The van der Waals surface area contributed by atoms with Gasteiger partial charge >= 0.3 is 0 Å². The molecule has 3 heteroatoms. The van der Waals surface area contributed by atoms with Gasteiger partial charge in [0.05, 0.1) is 16.8 Å². The minimum absolute atomic E-state index is 0.457. The summed E-state index contributed by atoms with van der Waals surface area (Å²) in [5.41, 5.74) is 1.98. The average Bonchev–Trinajstić information content (AvgIpc) is 2.28. The number of anilines is 1. The highest BCUT2D eigenvalue weighted by Gasteiger charge is 2.18. The van der Waals surface area contributed by atoms with Crippen molar-refractivity contribution >= 4 is 17.3 Å². The van der Waals surface area contributed by atoms with Gasteiger partial charge in [-0.25, -0.2) is 0 Å².